The number of amides is 1. The van der Waals surface area contributed by atoms with Crippen LogP contribution in [-0.2, 0) is 6.42 Å². The minimum Gasteiger partial charge on any atom is -0.352 e. The van der Waals surface area contributed by atoms with E-state index in [-0.39, 0.29) is 22.9 Å². The maximum atomic E-state index is 13.1. The number of pyridine rings is 1. The zero-order valence-electron chi connectivity index (χ0n) is 17.6. The number of aryl methyl sites for hydroxylation is 2. The fourth-order valence-corrected chi connectivity index (χ4v) is 4.86. The number of H-pyrrole nitrogens is 1. The Hall–Kier alpha value is -3.19. The van der Waals surface area contributed by atoms with Crippen LogP contribution in [-0.4, -0.2) is 34.3 Å². The second kappa shape index (κ2) is 7.81. The molecule has 0 saturated carbocycles. The lowest BCUT2D eigenvalue weighted by molar-refractivity contribution is 0.0967. The summed E-state index contributed by atoms with van der Waals surface area (Å²) in [6.07, 6.45) is 5.87. The van der Waals surface area contributed by atoms with Crippen molar-refractivity contribution in [3.8, 4) is 0 Å². The van der Waals surface area contributed by atoms with Crippen molar-refractivity contribution in [2.45, 2.75) is 45.1 Å². The number of ketones is 1. The third-order valence-electron chi connectivity index (χ3n) is 6.53. The molecule has 1 fully saturated rings. The number of carbonyl (C=O) groups is 2. The molecule has 7 heteroatoms. The Labute approximate surface area is 179 Å². The molecule has 2 aromatic heterocycles. The average Bonchev–Trinajstić information content (AvgIpc) is 3.14. The molecule has 5 rings (SSSR count). The number of anilines is 1. The van der Waals surface area contributed by atoms with Crippen molar-refractivity contribution in [2.75, 3.05) is 18.4 Å². The highest BCUT2D eigenvalue weighted by atomic mass is 16.2. The summed E-state index contributed by atoms with van der Waals surface area (Å²) in [5.41, 5.74) is 3.78. The van der Waals surface area contributed by atoms with Gasteiger partial charge in [0.1, 0.15) is 5.56 Å². The molecule has 7 nitrogen and oxygen atoms in total. The van der Waals surface area contributed by atoms with Crippen molar-refractivity contribution in [2.24, 2.45) is 0 Å². The van der Waals surface area contributed by atoms with Crippen LogP contribution in [0.25, 0.3) is 10.9 Å². The summed E-state index contributed by atoms with van der Waals surface area (Å²) >= 11 is 0. The van der Waals surface area contributed by atoms with Crippen molar-refractivity contribution < 1.29 is 9.59 Å². The molecule has 0 spiro atoms. The number of piperidine rings is 1. The fraction of sp³-hybridized carbons (Fsp3) is 0.375. The van der Waals surface area contributed by atoms with E-state index in [9.17, 15) is 14.4 Å². The van der Waals surface area contributed by atoms with Crippen molar-refractivity contribution in [1.82, 2.24) is 14.9 Å². The van der Waals surface area contributed by atoms with E-state index in [0.29, 0.717) is 23.4 Å². The van der Waals surface area contributed by atoms with Crippen LogP contribution in [0.1, 0.15) is 63.7 Å². The number of aromatic nitrogens is 2. The Morgan fingerprint density at radius 2 is 1.94 bits per heavy atom. The fourth-order valence-electron chi connectivity index (χ4n) is 4.86. The van der Waals surface area contributed by atoms with Crippen LogP contribution >= 0.6 is 0 Å². The normalized spacial score (nSPS) is 17.0. The molecule has 1 aromatic carbocycles. The lowest BCUT2D eigenvalue weighted by Gasteiger charge is -2.25. The molecule has 0 atom stereocenters. The quantitative estimate of drug-likeness (QED) is 0.608. The number of fused-ring (bicyclic) bond motifs is 3. The van der Waals surface area contributed by atoms with E-state index >= 15 is 0 Å². The summed E-state index contributed by atoms with van der Waals surface area (Å²) in [5, 5.41) is 7.20. The second-order valence-electron chi connectivity index (χ2n) is 8.54. The molecule has 1 amide bonds. The summed E-state index contributed by atoms with van der Waals surface area (Å²) in [7, 11) is 0. The molecule has 3 heterocycles. The van der Waals surface area contributed by atoms with Crippen LogP contribution < -0.4 is 16.2 Å². The van der Waals surface area contributed by atoms with Gasteiger partial charge in [-0.15, -0.1) is 0 Å². The Bertz CT molecular complexity index is 1250. The smallest absolute Gasteiger partial charge is 0.263 e. The van der Waals surface area contributed by atoms with E-state index in [0.717, 1.165) is 55.2 Å². The Morgan fingerprint density at radius 1 is 1.13 bits per heavy atom. The van der Waals surface area contributed by atoms with Crippen LogP contribution in [0.4, 0.5) is 5.69 Å². The Balaban J connectivity index is 1.45. The van der Waals surface area contributed by atoms with Gasteiger partial charge in [0, 0.05) is 35.2 Å². The van der Waals surface area contributed by atoms with Crippen molar-refractivity contribution in [3.63, 3.8) is 0 Å². The molecule has 3 N–H and O–H groups in total. The number of hydrogen-bond donors (Lipinski definition) is 3. The highest BCUT2D eigenvalue weighted by molar-refractivity contribution is 6.07. The number of aromatic amines is 1. The largest absolute Gasteiger partial charge is 0.352 e. The molecule has 1 aliphatic carbocycles. The predicted octanol–water partition coefficient (Wildman–Crippen LogP) is 3.33. The minimum atomic E-state index is -0.405. The van der Waals surface area contributed by atoms with Crippen molar-refractivity contribution in [3.05, 3.63) is 63.2 Å². The maximum Gasteiger partial charge on any atom is 0.263 e. The summed E-state index contributed by atoms with van der Waals surface area (Å²) < 4.78 is 1.70. The van der Waals surface area contributed by atoms with Gasteiger partial charge < -0.3 is 20.2 Å². The van der Waals surface area contributed by atoms with Crippen LogP contribution in [0.2, 0.25) is 0 Å². The Morgan fingerprint density at radius 3 is 2.74 bits per heavy atom. The number of carbonyl (C=O) groups excluding carboxylic acids is 2. The summed E-state index contributed by atoms with van der Waals surface area (Å²) in [4.78, 5) is 41.6. The first-order valence-corrected chi connectivity index (χ1v) is 10.9. The molecule has 3 aromatic rings. The predicted molar refractivity (Wildman–Crippen MR) is 120 cm³/mol. The van der Waals surface area contributed by atoms with Crippen molar-refractivity contribution >= 4 is 28.3 Å². The van der Waals surface area contributed by atoms with Gasteiger partial charge in [0.15, 0.2) is 5.78 Å². The van der Waals surface area contributed by atoms with Gasteiger partial charge >= 0.3 is 0 Å². The molecule has 160 valence electrons. The van der Waals surface area contributed by atoms with Crippen LogP contribution in [0.5, 0.6) is 0 Å². The van der Waals surface area contributed by atoms with Gasteiger partial charge in [-0.25, -0.2) is 0 Å². The van der Waals surface area contributed by atoms with E-state index in [2.05, 4.69) is 15.6 Å². The first kappa shape index (κ1) is 19.8. The first-order chi connectivity index (χ1) is 15.0. The van der Waals surface area contributed by atoms with Gasteiger partial charge in [0.2, 0.25) is 0 Å². The first-order valence-electron chi connectivity index (χ1n) is 10.9. The Kier molecular flexibility index (Phi) is 4.98. The van der Waals surface area contributed by atoms with Crippen LogP contribution in [0, 0.1) is 6.92 Å². The number of rotatable bonds is 3. The van der Waals surface area contributed by atoms with Gasteiger partial charge in [-0.05, 0) is 75.0 Å². The number of Topliss-reactive ketones (excluding diaryl/α,β-unsaturated/α-hetero) is 1. The topological polar surface area (TPSA) is 96.0 Å². The zero-order chi connectivity index (χ0) is 21.5. The van der Waals surface area contributed by atoms with Gasteiger partial charge in [-0.3, -0.25) is 14.4 Å². The number of benzene rings is 1. The summed E-state index contributed by atoms with van der Waals surface area (Å²) in [6, 6.07) is 7.55. The van der Waals surface area contributed by atoms with E-state index in [1.165, 1.54) is 0 Å². The molecule has 2 aliphatic rings. The van der Waals surface area contributed by atoms with E-state index in [4.69, 9.17) is 0 Å². The molecule has 0 bridgehead atoms. The lowest BCUT2D eigenvalue weighted by Crippen LogP contribution is -2.37. The second-order valence-corrected chi connectivity index (χ2v) is 8.54. The number of hydrogen-bond acceptors (Lipinski definition) is 4. The standard InChI is InChI=1S/C24H26N4O3/c1-14-9-12-28(16-7-10-25-11-8-16)24(31)21(14)23(30)26-15-5-6-17-18-3-2-4-20(29)22(18)27-19(17)13-15/h5-6,9,12-13,16,25,27H,2-4,7-8,10-11H2,1H3,(H,26,30). The molecule has 0 unspecified atom stereocenters. The van der Waals surface area contributed by atoms with Crippen LogP contribution in [0.15, 0.2) is 35.3 Å². The number of nitrogens with zero attached hydrogens (tertiary/aromatic N) is 1. The van der Waals surface area contributed by atoms with Crippen LogP contribution in [0.3, 0.4) is 0 Å². The SMILES string of the molecule is Cc1ccn(C2CCNCC2)c(=O)c1C(=O)Nc1ccc2c3c([nH]c2c1)C(=O)CCC3. The lowest BCUT2D eigenvalue weighted by atomic mass is 9.95. The highest BCUT2D eigenvalue weighted by Gasteiger charge is 2.23. The van der Waals surface area contributed by atoms with Crippen molar-refractivity contribution in [1.29, 1.82) is 0 Å². The van der Waals surface area contributed by atoms with E-state index < -0.39 is 5.91 Å². The van der Waals surface area contributed by atoms with Gasteiger partial charge in [0.05, 0.1) is 5.69 Å². The van der Waals surface area contributed by atoms with E-state index in [1.807, 2.05) is 24.3 Å². The van der Waals surface area contributed by atoms with Gasteiger partial charge in [-0.2, -0.15) is 0 Å². The number of nitrogens with one attached hydrogen (secondary N) is 3. The third-order valence-corrected chi connectivity index (χ3v) is 6.53. The molecule has 1 aliphatic heterocycles. The molecule has 31 heavy (non-hydrogen) atoms. The zero-order valence-corrected chi connectivity index (χ0v) is 17.6. The van der Waals surface area contributed by atoms with E-state index in [1.54, 1.807) is 17.7 Å². The molecular formula is C24H26N4O3. The monoisotopic (exact) mass is 418 g/mol. The molecular weight excluding hydrogens is 392 g/mol. The summed E-state index contributed by atoms with van der Waals surface area (Å²) in [5.74, 6) is -0.265. The molecule has 1 saturated heterocycles. The maximum absolute atomic E-state index is 13.1. The minimum absolute atomic E-state index is 0.111. The third kappa shape index (κ3) is 3.49. The highest BCUT2D eigenvalue weighted by Crippen LogP contribution is 2.30. The van der Waals surface area contributed by atoms with Gasteiger partial charge in [0.25, 0.3) is 11.5 Å². The van der Waals surface area contributed by atoms with Gasteiger partial charge in [-0.1, -0.05) is 6.07 Å². The average molecular weight is 418 g/mol. The molecule has 0 radical (unpaired) electrons. The summed E-state index contributed by atoms with van der Waals surface area (Å²) in [6.45, 7) is 3.53.